The van der Waals surface area contributed by atoms with E-state index in [1.54, 1.807) is 0 Å². The van der Waals surface area contributed by atoms with Crippen LogP contribution in [0.25, 0.3) is 0 Å². The monoisotopic (exact) mass is 426 g/mol. The summed E-state index contributed by atoms with van der Waals surface area (Å²) >= 11 is 0. The van der Waals surface area contributed by atoms with Crippen LogP contribution in [0.3, 0.4) is 0 Å². The normalized spacial score (nSPS) is 44.4. The smallest absolute Gasteiger partial charge is 0.240 e. The van der Waals surface area contributed by atoms with E-state index >= 15 is 0 Å². The second kappa shape index (κ2) is 8.69. The van der Waals surface area contributed by atoms with Gasteiger partial charge in [-0.2, -0.15) is 0 Å². The average molecular weight is 427 g/mol. The van der Waals surface area contributed by atoms with Gasteiger partial charge in [0.05, 0.1) is 12.1 Å². The fourth-order valence-electron chi connectivity index (χ4n) is 6.22. The standard InChI is InChI=1S/C22H36F2N4O2/c1-12-4-5-17(24)16-11-18(26-20(12)16)21(29)25-14-8-13(23)9-15(10-14)28-7-6-19(22(28)30)27(2)3/h12-20,26H,4-11H2,1-3H3,(H,25,29)/t12?,13?,14?,15?,16?,17?,18?,19-,20?/m1/s1. The van der Waals surface area contributed by atoms with Crippen LogP contribution in [0.2, 0.25) is 0 Å². The summed E-state index contributed by atoms with van der Waals surface area (Å²) in [5.74, 6) is 0.164. The van der Waals surface area contributed by atoms with E-state index < -0.39 is 18.4 Å². The maximum absolute atomic E-state index is 14.5. The van der Waals surface area contributed by atoms with E-state index in [1.807, 2.05) is 23.9 Å². The van der Waals surface area contributed by atoms with Gasteiger partial charge in [0.2, 0.25) is 11.8 Å². The Kier molecular flexibility index (Phi) is 6.35. The first-order valence-corrected chi connectivity index (χ1v) is 11.6. The van der Waals surface area contributed by atoms with Crippen LogP contribution in [0.1, 0.15) is 51.9 Å². The van der Waals surface area contributed by atoms with E-state index in [9.17, 15) is 18.4 Å². The summed E-state index contributed by atoms with van der Waals surface area (Å²) in [7, 11) is 3.78. The summed E-state index contributed by atoms with van der Waals surface area (Å²) in [5, 5.41) is 6.37. The maximum Gasteiger partial charge on any atom is 0.240 e. The zero-order valence-corrected chi connectivity index (χ0v) is 18.3. The lowest BCUT2D eigenvalue weighted by Crippen LogP contribution is -2.53. The van der Waals surface area contributed by atoms with E-state index in [0.29, 0.717) is 38.1 Å². The maximum atomic E-state index is 14.5. The van der Waals surface area contributed by atoms with Crippen molar-refractivity contribution in [3.05, 3.63) is 0 Å². The Morgan fingerprint density at radius 3 is 2.57 bits per heavy atom. The van der Waals surface area contributed by atoms with Gasteiger partial charge >= 0.3 is 0 Å². The van der Waals surface area contributed by atoms with Gasteiger partial charge in [-0.15, -0.1) is 0 Å². The molecule has 4 rings (SSSR count). The van der Waals surface area contributed by atoms with E-state index in [0.717, 1.165) is 12.8 Å². The summed E-state index contributed by atoms with van der Waals surface area (Å²) < 4.78 is 28.9. The molecule has 4 fully saturated rings. The van der Waals surface area contributed by atoms with Gasteiger partial charge in [-0.1, -0.05) is 6.92 Å². The van der Waals surface area contributed by atoms with E-state index in [-0.39, 0.29) is 48.3 Å². The highest BCUT2D eigenvalue weighted by Gasteiger charge is 2.47. The molecule has 2 saturated carbocycles. The average Bonchev–Trinajstić information content (AvgIpc) is 3.29. The first-order chi connectivity index (χ1) is 14.2. The van der Waals surface area contributed by atoms with Gasteiger partial charge < -0.3 is 15.5 Å². The van der Waals surface area contributed by atoms with Gasteiger partial charge in [0.15, 0.2) is 0 Å². The third-order valence-electron chi connectivity index (χ3n) is 7.90. The van der Waals surface area contributed by atoms with E-state index in [1.165, 1.54) is 0 Å². The van der Waals surface area contributed by atoms with Gasteiger partial charge in [0, 0.05) is 30.6 Å². The van der Waals surface area contributed by atoms with Crippen LogP contribution < -0.4 is 10.6 Å². The zero-order valence-electron chi connectivity index (χ0n) is 18.3. The Balaban J connectivity index is 1.35. The molecule has 6 nitrogen and oxygen atoms in total. The molecule has 30 heavy (non-hydrogen) atoms. The summed E-state index contributed by atoms with van der Waals surface area (Å²) in [6.07, 6.45) is 2.00. The van der Waals surface area contributed by atoms with Crippen LogP contribution in [0, 0.1) is 11.8 Å². The van der Waals surface area contributed by atoms with Gasteiger partial charge in [-0.3, -0.25) is 14.5 Å². The van der Waals surface area contributed by atoms with Gasteiger partial charge in [0.25, 0.3) is 0 Å². The van der Waals surface area contributed by atoms with Crippen molar-refractivity contribution < 1.29 is 18.4 Å². The van der Waals surface area contributed by atoms with E-state index in [4.69, 9.17) is 0 Å². The second-order valence-electron chi connectivity index (χ2n) is 10.2. The molecule has 0 radical (unpaired) electrons. The first kappa shape index (κ1) is 21.9. The molecule has 2 amide bonds. The number of carbonyl (C=O) groups excluding carboxylic acids is 2. The topological polar surface area (TPSA) is 64.7 Å². The van der Waals surface area contributed by atoms with Crippen molar-refractivity contribution in [3.8, 4) is 0 Å². The Morgan fingerprint density at radius 1 is 1.13 bits per heavy atom. The van der Waals surface area contributed by atoms with Gasteiger partial charge in [-0.05, 0) is 65.0 Å². The molecule has 2 aliphatic heterocycles. The highest BCUT2D eigenvalue weighted by Crippen LogP contribution is 2.39. The Labute approximate surface area is 178 Å². The molecule has 0 aromatic heterocycles. The molecular formula is C22H36F2N4O2. The highest BCUT2D eigenvalue weighted by atomic mass is 19.1. The molecule has 2 N–H and O–H groups in total. The first-order valence-electron chi connectivity index (χ1n) is 11.6. The number of likely N-dealkylation sites (N-methyl/N-ethyl adjacent to an activating group) is 1. The van der Waals surface area contributed by atoms with Crippen molar-refractivity contribution in [2.45, 2.75) is 94.4 Å². The van der Waals surface area contributed by atoms with Gasteiger partial charge in [-0.25, -0.2) is 8.78 Å². The lowest BCUT2D eigenvalue weighted by atomic mass is 9.77. The predicted octanol–water partition coefficient (Wildman–Crippen LogP) is 1.64. The third-order valence-corrected chi connectivity index (χ3v) is 7.90. The molecule has 8 unspecified atom stereocenters. The molecule has 0 spiro atoms. The van der Waals surface area contributed by atoms with Crippen molar-refractivity contribution in [1.82, 2.24) is 20.4 Å². The SMILES string of the molecule is CC1CCC(F)C2CC(C(=O)NC3CC(F)CC(N4CC[C@@H](N(C)C)C4=O)C3)NC12. The molecular weight excluding hydrogens is 390 g/mol. The Morgan fingerprint density at radius 2 is 1.90 bits per heavy atom. The molecule has 4 aliphatic rings. The minimum atomic E-state index is -1.03. The number of hydrogen-bond acceptors (Lipinski definition) is 4. The number of nitrogens with zero attached hydrogens (tertiary/aromatic N) is 2. The van der Waals surface area contributed by atoms with Crippen LogP contribution in [0.15, 0.2) is 0 Å². The third kappa shape index (κ3) is 4.22. The Hall–Kier alpha value is -1.28. The number of likely N-dealkylation sites (tertiary alicyclic amines) is 1. The summed E-state index contributed by atoms with van der Waals surface area (Å²) in [6, 6.07) is -0.975. The lowest BCUT2D eigenvalue weighted by Gasteiger charge is -2.37. The summed E-state index contributed by atoms with van der Waals surface area (Å²) in [6.45, 7) is 2.76. The molecule has 2 aliphatic carbocycles. The quantitative estimate of drug-likeness (QED) is 0.718. The number of nitrogens with one attached hydrogen (secondary N) is 2. The van der Waals surface area contributed by atoms with E-state index in [2.05, 4.69) is 17.6 Å². The minimum absolute atomic E-state index is 0.0442. The Bertz CT molecular complexity index is 645. The molecule has 8 heteroatoms. The molecule has 170 valence electrons. The van der Waals surface area contributed by atoms with Crippen LogP contribution in [-0.2, 0) is 9.59 Å². The van der Waals surface area contributed by atoms with Crippen LogP contribution in [0.5, 0.6) is 0 Å². The van der Waals surface area contributed by atoms with Crippen molar-refractivity contribution in [2.75, 3.05) is 20.6 Å². The highest BCUT2D eigenvalue weighted by molar-refractivity contribution is 5.84. The zero-order chi connectivity index (χ0) is 21.6. The molecule has 0 bridgehead atoms. The number of halogens is 2. The lowest BCUT2D eigenvalue weighted by molar-refractivity contribution is -0.134. The van der Waals surface area contributed by atoms with Crippen molar-refractivity contribution >= 4 is 11.8 Å². The predicted molar refractivity (Wildman–Crippen MR) is 110 cm³/mol. The van der Waals surface area contributed by atoms with Crippen molar-refractivity contribution in [3.63, 3.8) is 0 Å². The fraction of sp³-hybridized carbons (Fsp3) is 0.909. The number of hydrogen-bond donors (Lipinski definition) is 2. The summed E-state index contributed by atoms with van der Waals surface area (Å²) in [4.78, 5) is 29.4. The molecule has 2 heterocycles. The molecule has 2 saturated heterocycles. The number of carbonyl (C=O) groups is 2. The number of alkyl halides is 2. The van der Waals surface area contributed by atoms with Crippen LogP contribution in [-0.4, -0.2) is 84.8 Å². The second-order valence-corrected chi connectivity index (χ2v) is 10.2. The number of amides is 2. The number of fused-ring (bicyclic) bond motifs is 1. The van der Waals surface area contributed by atoms with Crippen molar-refractivity contribution in [2.24, 2.45) is 11.8 Å². The molecule has 0 aromatic rings. The minimum Gasteiger partial charge on any atom is -0.352 e. The van der Waals surface area contributed by atoms with Crippen molar-refractivity contribution in [1.29, 1.82) is 0 Å². The molecule has 9 atom stereocenters. The van der Waals surface area contributed by atoms with Crippen LogP contribution in [0.4, 0.5) is 8.78 Å². The largest absolute Gasteiger partial charge is 0.352 e. The fourth-order valence-corrected chi connectivity index (χ4v) is 6.22. The number of rotatable bonds is 4. The summed E-state index contributed by atoms with van der Waals surface area (Å²) in [5.41, 5.74) is 0. The van der Waals surface area contributed by atoms with Crippen LogP contribution >= 0.6 is 0 Å². The van der Waals surface area contributed by atoms with Gasteiger partial charge in [0.1, 0.15) is 12.3 Å². The molecule has 0 aromatic carbocycles.